The summed E-state index contributed by atoms with van der Waals surface area (Å²) in [7, 11) is 0. The van der Waals surface area contributed by atoms with Crippen molar-refractivity contribution in [1.29, 1.82) is 0 Å². The van der Waals surface area contributed by atoms with Gasteiger partial charge in [0.1, 0.15) is 17.0 Å². The van der Waals surface area contributed by atoms with Crippen LogP contribution in [0, 0.1) is 11.7 Å². The Bertz CT molecular complexity index is 845. The minimum Gasteiger partial charge on any atom is -0.442 e. The van der Waals surface area contributed by atoms with E-state index in [1.165, 1.54) is 35.7 Å². The second-order valence-electron chi connectivity index (χ2n) is 6.89. The Morgan fingerprint density at radius 3 is 2.86 bits per heavy atom. The molecule has 0 bridgehead atoms. The van der Waals surface area contributed by atoms with Gasteiger partial charge in [0.25, 0.3) is 5.91 Å². The number of hydrogen-bond acceptors (Lipinski definition) is 6. The maximum atomic E-state index is 14.7. The van der Waals surface area contributed by atoms with Crippen molar-refractivity contribution in [3.8, 4) is 0 Å². The number of hydrazone groups is 1. The number of cyclic esters (lactones) is 1. The quantitative estimate of drug-likeness (QED) is 0.774. The van der Waals surface area contributed by atoms with Crippen LogP contribution in [0.25, 0.3) is 0 Å². The molecule has 0 aliphatic carbocycles. The van der Waals surface area contributed by atoms with Gasteiger partial charge in [-0.15, -0.1) is 0 Å². The van der Waals surface area contributed by atoms with Crippen LogP contribution in [0.15, 0.2) is 23.3 Å². The molecule has 0 radical (unpaired) electrons. The summed E-state index contributed by atoms with van der Waals surface area (Å²) < 4.78 is 19.9. The van der Waals surface area contributed by atoms with E-state index in [1.807, 2.05) is 13.8 Å². The highest BCUT2D eigenvalue weighted by Crippen LogP contribution is 2.30. The van der Waals surface area contributed by atoms with E-state index in [0.29, 0.717) is 10.7 Å². The third kappa shape index (κ3) is 4.27. The molecule has 0 spiro atoms. The number of amides is 3. The first-order valence-corrected chi connectivity index (χ1v) is 9.71. The summed E-state index contributed by atoms with van der Waals surface area (Å²) in [6.07, 6.45) is -1.10. The molecular weight excluding hydrogens is 387 g/mol. The van der Waals surface area contributed by atoms with Crippen molar-refractivity contribution in [2.75, 3.05) is 18.0 Å². The lowest BCUT2D eigenvalue weighted by Gasteiger charge is -2.24. The minimum atomic E-state index is -0.598. The normalized spacial score (nSPS) is 22.0. The van der Waals surface area contributed by atoms with Crippen LogP contribution in [-0.2, 0) is 14.3 Å². The first kappa shape index (κ1) is 20.1. The second-order valence-corrected chi connectivity index (χ2v) is 8.02. The van der Waals surface area contributed by atoms with Crippen LogP contribution in [0.4, 0.5) is 14.9 Å². The molecule has 1 saturated heterocycles. The number of halogens is 1. The fourth-order valence-electron chi connectivity index (χ4n) is 2.87. The lowest BCUT2D eigenvalue weighted by atomic mass is 10.1. The summed E-state index contributed by atoms with van der Waals surface area (Å²) in [5.41, 5.74) is 3.04. The van der Waals surface area contributed by atoms with Crippen LogP contribution >= 0.6 is 11.8 Å². The number of rotatable bonds is 5. The molecule has 0 aromatic heterocycles. The number of nitrogens with zero attached hydrogens (tertiary/aromatic N) is 2. The van der Waals surface area contributed by atoms with Gasteiger partial charge in [0.05, 0.1) is 24.0 Å². The maximum absolute atomic E-state index is 14.7. The molecule has 10 heteroatoms. The van der Waals surface area contributed by atoms with E-state index >= 15 is 0 Å². The molecule has 2 atom stereocenters. The highest BCUT2D eigenvalue weighted by molar-refractivity contribution is 8.15. The van der Waals surface area contributed by atoms with Gasteiger partial charge in [-0.2, -0.15) is 5.10 Å². The summed E-state index contributed by atoms with van der Waals surface area (Å²) in [5, 5.41) is 6.59. The van der Waals surface area contributed by atoms with Gasteiger partial charge in [-0.25, -0.2) is 14.6 Å². The molecule has 1 unspecified atom stereocenters. The molecule has 2 aliphatic rings. The molecule has 2 N–H and O–H groups in total. The van der Waals surface area contributed by atoms with Crippen molar-refractivity contribution in [2.24, 2.45) is 11.0 Å². The summed E-state index contributed by atoms with van der Waals surface area (Å²) >= 11 is 1.22. The van der Waals surface area contributed by atoms with E-state index in [9.17, 15) is 18.8 Å². The molecule has 1 fully saturated rings. The van der Waals surface area contributed by atoms with Gasteiger partial charge in [-0.05, 0) is 24.1 Å². The van der Waals surface area contributed by atoms with E-state index in [2.05, 4.69) is 15.8 Å². The lowest BCUT2D eigenvalue weighted by molar-refractivity contribution is -0.121. The number of carbonyl (C=O) groups excluding carboxylic acids is 3. The maximum Gasteiger partial charge on any atom is 0.414 e. The van der Waals surface area contributed by atoms with E-state index in [4.69, 9.17) is 4.74 Å². The Labute approximate surface area is 165 Å². The Morgan fingerprint density at radius 2 is 2.21 bits per heavy atom. The first-order valence-electron chi connectivity index (χ1n) is 8.83. The summed E-state index contributed by atoms with van der Waals surface area (Å²) in [5.74, 6) is -0.911. The van der Waals surface area contributed by atoms with Crippen LogP contribution in [-0.4, -0.2) is 47.4 Å². The Morgan fingerprint density at radius 1 is 1.46 bits per heavy atom. The zero-order valence-electron chi connectivity index (χ0n) is 15.7. The van der Waals surface area contributed by atoms with Crippen molar-refractivity contribution in [3.63, 3.8) is 0 Å². The molecule has 3 amide bonds. The van der Waals surface area contributed by atoms with Gasteiger partial charge in [0, 0.05) is 12.5 Å². The van der Waals surface area contributed by atoms with E-state index in [-0.39, 0.29) is 41.6 Å². The third-order valence-corrected chi connectivity index (χ3v) is 5.86. The van der Waals surface area contributed by atoms with Crippen molar-refractivity contribution in [3.05, 3.63) is 29.6 Å². The van der Waals surface area contributed by atoms with E-state index in [0.717, 1.165) is 0 Å². The predicted octanol–water partition coefficient (Wildman–Crippen LogP) is 1.84. The second kappa shape index (κ2) is 8.17. The fourth-order valence-corrected chi connectivity index (χ4v) is 3.94. The SMILES string of the molecule is CC(=O)NC[C@H]1CN(c2ccc(C3=NNC(=O)C(C(C)C)S3)c(F)c2)C(=O)O1. The number of nitrogens with one attached hydrogen (secondary N) is 2. The third-order valence-electron chi connectivity index (χ3n) is 4.32. The number of hydrogen-bond donors (Lipinski definition) is 2. The average Bonchev–Trinajstić information content (AvgIpc) is 3.01. The standard InChI is InChI=1S/C18H21FN4O4S/c1-9(2)15-16(25)21-22-17(28-15)13-5-4-11(6-14(13)19)23-8-12(27-18(23)26)7-20-10(3)24/h4-6,9,12,15H,7-8H2,1-3H3,(H,20,24)(H,21,25)/t12-,15?/m0/s1. The van der Waals surface area contributed by atoms with Crippen LogP contribution in [0.1, 0.15) is 26.3 Å². The smallest absolute Gasteiger partial charge is 0.414 e. The van der Waals surface area contributed by atoms with Crippen molar-refractivity contribution in [1.82, 2.24) is 10.7 Å². The van der Waals surface area contributed by atoms with Crippen LogP contribution in [0.3, 0.4) is 0 Å². The van der Waals surface area contributed by atoms with Crippen LogP contribution in [0.5, 0.6) is 0 Å². The van der Waals surface area contributed by atoms with Crippen molar-refractivity contribution >= 4 is 40.4 Å². The average molecular weight is 408 g/mol. The summed E-state index contributed by atoms with van der Waals surface area (Å²) in [4.78, 5) is 36.3. The Hall–Kier alpha value is -2.62. The van der Waals surface area contributed by atoms with Crippen molar-refractivity contribution < 1.29 is 23.5 Å². The van der Waals surface area contributed by atoms with Gasteiger partial charge in [-0.1, -0.05) is 25.6 Å². The van der Waals surface area contributed by atoms with Gasteiger partial charge < -0.3 is 10.1 Å². The largest absolute Gasteiger partial charge is 0.442 e. The van der Waals surface area contributed by atoms with E-state index < -0.39 is 18.0 Å². The fraction of sp³-hybridized carbons (Fsp3) is 0.444. The molecule has 28 heavy (non-hydrogen) atoms. The highest BCUT2D eigenvalue weighted by atomic mass is 32.2. The number of thioether (sulfide) groups is 1. The van der Waals surface area contributed by atoms with Gasteiger partial charge in [-0.3, -0.25) is 14.5 Å². The Kier molecular flexibility index (Phi) is 5.87. The molecule has 2 heterocycles. The zero-order chi connectivity index (χ0) is 20.4. The summed E-state index contributed by atoms with van der Waals surface area (Å²) in [6, 6.07) is 4.37. The zero-order valence-corrected chi connectivity index (χ0v) is 16.5. The van der Waals surface area contributed by atoms with Gasteiger partial charge in [0.2, 0.25) is 5.91 Å². The monoisotopic (exact) mass is 408 g/mol. The molecule has 8 nitrogen and oxygen atoms in total. The van der Waals surface area contributed by atoms with Crippen LogP contribution < -0.4 is 15.6 Å². The number of ether oxygens (including phenoxy) is 1. The van der Waals surface area contributed by atoms with E-state index in [1.54, 1.807) is 6.07 Å². The van der Waals surface area contributed by atoms with Gasteiger partial charge >= 0.3 is 6.09 Å². The topological polar surface area (TPSA) is 100 Å². The number of carbonyl (C=O) groups is 3. The first-order chi connectivity index (χ1) is 13.3. The van der Waals surface area contributed by atoms with Gasteiger partial charge in [0.15, 0.2) is 0 Å². The predicted molar refractivity (Wildman–Crippen MR) is 104 cm³/mol. The molecule has 3 rings (SSSR count). The molecule has 0 saturated carbocycles. The molecule has 150 valence electrons. The highest BCUT2D eigenvalue weighted by Gasteiger charge is 2.34. The minimum absolute atomic E-state index is 0.0674. The summed E-state index contributed by atoms with van der Waals surface area (Å²) in [6.45, 7) is 5.61. The Balaban J connectivity index is 1.75. The molecule has 2 aliphatic heterocycles. The molecular formula is C18H21FN4O4S. The van der Waals surface area contributed by atoms with Crippen LogP contribution in [0.2, 0.25) is 0 Å². The number of anilines is 1. The lowest BCUT2D eigenvalue weighted by Crippen LogP contribution is -2.38. The molecule has 1 aromatic carbocycles. The number of benzene rings is 1. The van der Waals surface area contributed by atoms with Crippen molar-refractivity contribution in [2.45, 2.75) is 32.1 Å². The molecule has 1 aromatic rings.